The number of aliphatic hydroxyl groups excluding tert-OH is 1. The zero-order valence-corrected chi connectivity index (χ0v) is 24.8. The Morgan fingerprint density at radius 2 is 1.69 bits per heavy atom. The maximum Gasteiger partial charge on any atom is 0.410 e. The number of likely N-dealkylation sites (tertiary alicyclic amines) is 1. The highest BCUT2D eigenvalue weighted by Crippen LogP contribution is 2.36. The lowest BCUT2D eigenvalue weighted by Crippen LogP contribution is -2.47. The fourth-order valence-electron chi connectivity index (χ4n) is 5.32. The van der Waals surface area contributed by atoms with E-state index in [4.69, 9.17) is 9.47 Å². The van der Waals surface area contributed by atoms with E-state index in [9.17, 15) is 19.5 Å². The van der Waals surface area contributed by atoms with Gasteiger partial charge in [-0.25, -0.2) is 9.59 Å². The molecule has 0 saturated carbocycles. The minimum Gasteiger partial charge on any atom is -0.465 e. The lowest BCUT2D eigenvalue weighted by atomic mass is 10.0. The average Bonchev–Trinajstić information content (AvgIpc) is 3.39. The molecule has 1 aliphatic heterocycles. The highest BCUT2D eigenvalue weighted by molar-refractivity contribution is 5.94. The minimum atomic E-state index is -0.831. The molecule has 222 valence electrons. The highest BCUT2D eigenvalue weighted by Gasteiger charge is 2.42. The molecule has 1 fully saturated rings. The van der Waals surface area contributed by atoms with Crippen LogP contribution in [-0.4, -0.2) is 69.7 Å². The second kappa shape index (κ2) is 13.2. The zero-order chi connectivity index (χ0) is 30.4. The van der Waals surface area contributed by atoms with E-state index in [0.29, 0.717) is 29.5 Å². The quantitative estimate of drug-likeness (QED) is 0.370. The van der Waals surface area contributed by atoms with Gasteiger partial charge in [-0.15, -0.1) is 0 Å². The molecule has 0 spiro atoms. The predicted molar refractivity (Wildman–Crippen MR) is 158 cm³/mol. The zero-order valence-electron chi connectivity index (χ0n) is 24.8. The Morgan fingerprint density at radius 3 is 2.33 bits per heavy atom. The number of rotatable bonds is 8. The van der Waals surface area contributed by atoms with Crippen LogP contribution in [0.4, 0.5) is 4.79 Å². The number of methoxy groups -OCH3 is 1. The lowest BCUT2D eigenvalue weighted by molar-refractivity contribution is -0.00454. The molecule has 1 aromatic heterocycles. The minimum absolute atomic E-state index is 0.165. The van der Waals surface area contributed by atoms with Gasteiger partial charge >= 0.3 is 12.1 Å². The van der Waals surface area contributed by atoms with Gasteiger partial charge in [0.05, 0.1) is 24.8 Å². The SMILES string of the molecule is COC(=O)c1cncc(CN(C)C(=O)c2ccc(CC3CCC(C(O)c4ccccc4)N3C(=O)OC(C)(C)C)cc2)c1. The summed E-state index contributed by atoms with van der Waals surface area (Å²) in [5.74, 6) is -0.658. The molecule has 0 aliphatic carbocycles. The van der Waals surface area contributed by atoms with Gasteiger partial charge in [-0.3, -0.25) is 14.7 Å². The number of esters is 1. The van der Waals surface area contributed by atoms with Crippen LogP contribution in [0.2, 0.25) is 0 Å². The maximum absolute atomic E-state index is 13.4. The van der Waals surface area contributed by atoms with E-state index in [1.165, 1.54) is 13.3 Å². The van der Waals surface area contributed by atoms with E-state index in [1.54, 1.807) is 41.2 Å². The Labute approximate surface area is 247 Å². The van der Waals surface area contributed by atoms with Crippen molar-refractivity contribution < 1.29 is 29.0 Å². The van der Waals surface area contributed by atoms with Crippen molar-refractivity contribution in [2.75, 3.05) is 14.2 Å². The number of hydrogen-bond acceptors (Lipinski definition) is 7. The predicted octanol–water partition coefficient (Wildman–Crippen LogP) is 5.18. The smallest absolute Gasteiger partial charge is 0.410 e. The van der Waals surface area contributed by atoms with Crippen LogP contribution < -0.4 is 0 Å². The van der Waals surface area contributed by atoms with Gasteiger partial charge < -0.3 is 19.5 Å². The molecule has 4 rings (SSSR count). The van der Waals surface area contributed by atoms with Crippen LogP contribution in [0.3, 0.4) is 0 Å². The molecule has 0 radical (unpaired) electrons. The lowest BCUT2D eigenvalue weighted by Gasteiger charge is -2.35. The molecular formula is C33H39N3O6. The second-order valence-electron chi connectivity index (χ2n) is 11.7. The summed E-state index contributed by atoms with van der Waals surface area (Å²) in [5.41, 5.74) is 2.62. The van der Waals surface area contributed by atoms with E-state index >= 15 is 0 Å². The average molecular weight is 574 g/mol. The standard InChI is InChI=1S/C33H39N3O6/c1-33(2,3)42-32(40)36-27(15-16-28(36)29(37)24-9-7-6-8-10-24)18-22-11-13-25(14-12-22)30(38)35(4)21-23-17-26(20-34-19-23)31(39)41-5/h6-14,17,19-20,27-29,37H,15-16,18,21H2,1-5H3. The number of aromatic nitrogens is 1. The first-order chi connectivity index (χ1) is 20.0. The number of hydrogen-bond donors (Lipinski definition) is 1. The Balaban J connectivity index is 1.46. The summed E-state index contributed by atoms with van der Waals surface area (Å²) in [5, 5.41) is 11.2. The van der Waals surface area contributed by atoms with E-state index in [0.717, 1.165) is 17.5 Å². The van der Waals surface area contributed by atoms with Gasteiger partial charge in [0.25, 0.3) is 5.91 Å². The summed E-state index contributed by atoms with van der Waals surface area (Å²) in [6, 6.07) is 17.8. The van der Waals surface area contributed by atoms with Gasteiger partial charge in [0, 0.05) is 37.6 Å². The van der Waals surface area contributed by atoms with Gasteiger partial charge in [-0.05, 0) is 74.9 Å². The molecule has 1 aliphatic rings. The monoisotopic (exact) mass is 573 g/mol. The van der Waals surface area contributed by atoms with Crippen molar-refractivity contribution in [3.05, 3.63) is 101 Å². The van der Waals surface area contributed by atoms with Crippen LogP contribution in [0.15, 0.2) is 73.1 Å². The first-order valence-electron chi connectivity index (χ1n) is 14.1. The largest absolute Gasteiger partial charge is 0.465 e. The van der Waals surface area contributed by atoms with Gasteiger partial charge in [-0.2, -0.15) is 0 Å². The third kappa shape index (κ3) is 7.53. The summed E-state index contributed by atoms with van der Waals surface area (Å²) in [7, 11) is 3.00. The molecule has 3 aromatic rings. The van der Waals surface area contributed by atoms with Crippen LogP contribution in [0.5, 0.6) is 0 Å². The Hall–Kier alpha value is -4.24. The Kier molecular flexibility index (Phi) is 9.63. The number of ether oxygens (including phenoxy) is 2. The molecular weight excluding hydrogens is 534 g/mol. The van der Waals surface area contributed by atoms with Crippen LogP contribution in [0.1, 0.15) is 77.1 Å². The molecule has 1 N–H and O–H groups in total. The number of nitrogens with zero attached hydrogens (tertiary/aromatic N) is 3. The molecule has 9 heteroatoms. The van der Waals surface area contributed by atoms with Crippen molar-refractivity contribution >= 4 is 18.0 Å². The molecule has 0 bridgehead atoms. The number of aliphatic hydroxyl groups is 1. The molecule has 1 saturated heterocycles. The van der Waals surface area contributed by atoms with E-state index in [-0.39, 0.29) is 18.5 Å². The van der Waals surface area contributed by atoms with E-state index in [1.807, 2.05) is 63.2 Å². The second-order valence-corrected chi connectivity index (χ2v) is 11.7. The molecule has 42 heavy (non-hydrogen) atoms. The van der Waals surface area contributed by atoms with Gasteiger partial charge in [0.1, 0.15) is 5.60 Å². The molecule has 3 unspecified atom stereocenters. The normalized spacial score (nSPS) is 17.4. The topological polar surface area (TPSA) is 109 Å². The summed E-state index contributed by atoms with van der Waals surface area (Å²) in [6.07, 6.45) is 3.69. The molecule has 2 aromatic carbocycles. The molecule has 2 heterocycles. The number of carbonyl (C=O) groups is 3. The molecule has 2 amide bonds. The van der Waals surface area contributed by atoms with Crippen molar-refractivity contribution in [3.63, 3.8) is 0 Å². The maximum atomic E-state index is 13.4. The first kappa shape index (κ1) is 30.7. The molecule has 3 atom stereocenters. The van der Waals surface area contributed by atoms with Crippen molar-refractivity contribution in [1.82, 2.24) is 14.8 Å². The van der Waals surface area contributed by atoms with Crippen LogP contribution in [-0.2, 0) is 22.4 Å². The number of carbonyl (C=O) groups excluding carboxylic acids is 3. The van der Waals surface area contributed by atoms with Crippen molar-refractivity contribution in [2.24, 2.45) is 0 Å². The number of benzene rings is 2. The number of amides is 2. The van der Waals surface area contributed by atoms with Crippen LogP contribution in [0, 0.1) is 0 Å². The Morgan fingerprint density at radius 1 is 1.00 bits per heavy atom. The fraction of sp³-hybridized carbons (Fsp3) is 0.394. The summed E-state index contributed by atoms with van der Waals surface area (Å²) in [6.45, 7) is 5.77. The van der Waals surface area contributed by atoms with Gasteiger partial charge in [0.15, 0.2) is 0 Å². The van der Waals surface area contributed by atoms with Crippen LogP contribution >= 0.6 is 0 Å². The molecule has 9 nitrogen and oxygen atoms in total. The number of pyridine rings is 1. The summed E-state index contributed by atoms with van der Waals surface area (Å²) >= 11 is 0. The Bertz CT molecular complexity index is 1390. The van der Waals surface area contributed by atoms with Gasteiger partial charge in [-0.1, -0.05) is 42.5 Å². The first-order valence-corrected chi connectivity index (χ1v) is 14.1. The summed E-state index contributed by atoms with van der Waals surface area (Å²) in [4.78, 5) is 45.6. The van der Waals surface area contributed by atoms with E-state index in [2.05, 4.69) is 4.98 Å². The van der Waals surface area contributed by atoms with Crippen molar-refractivity contribution in [2.45, 2.75) is 70.4 Å². The highest BCUT2D eigenvalue weighted by atomic mass is 16.6. The fourth-order valence-corrected chi connectivity index (χ4v) is 5.32. The third-order valence-electron chi connectivity index (χ3n) is 7.31. The van der Waals surface area contributed by atoms with Crippen molar-refractivity contribution in [1.29, 1.82) is 0 Å². The third-order valence-corrected chi connectivity index (χ3v) is 7.31. The summed E-state index contributed by atoms with van der Waals surface area (Å²) < 4.78 is 10.5. The van der Waals surface area contributed by atoms with Crippen LogP contribution in [0.25, 0.3) is 0 Å². The van der Waals surface area contributed by atoms with Crippen molar-refractivity contribution in [3.8, 4) is 0 Å². The van der Waals surface area contributed by atoms with E-state index < -0.39 is 29.8 Å². The van der Waals surface area contributed by atoms with Gasteiger partial charge in [0.2, 0.25) is 0 Å².